The summed E-state index contributed by atoms with van der Waals surface area (Å²) in [4.78, 5) is 4.33. The van der Waals surface area contributed by atoms with E-state index in [0.29, 0.717) is 23.7 Å². The molecule has 20 heavy (non-hydrogen) atoms. The van der Waals surface area contributed by atoms with Crippen LogP contribution >= 0.6 is 0 Å². The molecule has 0 spiro atoms. The highest BCUT2D eigenvalue weighted by Gasteiger charge is 2.04. The lowest BCUT2D eigenvalue weighted by molar-refractivity contribution is 0.311. The number of rotatable bonds is 5. The number of methoxy groups -OCH3 is 1. The van der Waals surface area contributed by atoms with E-state index in [1.54, 1.807) is 37.6 Å². The summed E-state index contributed by atoms with van der Waals surface area (Å²) in [6.07, 6.45) is 1.62. The Bertz CT molecular complexity index is 608. The number of para-hydroxylation sites is 1. The van der Waals surface area contributed by atoms with Gasteiger partial charge in [0.25, 0.3) is 0 Å². The van der Waals surface area contributed by atoms with Crippen LogP contribution in [0.5, 0.6) is 17.2 Å². The molecule has 0 amide bonds. The van der Waals surface area contributed by atoms with Gasteiger partial charge in [0.2, 0.25) is 0 Å². The highest BCUT2D eigenvalue weighted by molar-refractivity contribution is 5.85. The van der Waals surface area contributed by atoms with Crippen molar-refractivity contribution in [2.75, 3.05) is 13.7 Å². The molecule has 0 unspecified atom stereocenters. The summed E-state index contributed by atoms with van der Waals surface area (Å²) in [5, 5.41) is 9.67. The van der Waals surface area contributed by atoms with E-state index < -0.39 is 0 Å². The highest BCUT2D eigenvalue weighted by Crippen LogP contribution is 2.31. The Kier molecular flexibility index (Phi) is 4.60. The first kappa shape index (κ1) is 13.9. The van der Waals surface area contributed by atoms with Crippen LogP contribution in [0.4, 0.5) is 5.69 Å². The second kappa shape index (κ2) is 6.61. The van der Waals surface area contributed by atoms with Gasteiger partial charge in [0.05, 0.1) is 19.4 Å². The van der Waals surface area contributed by atoms with Gasteiger partial charge in [0, 0.05) is 17.8 Å². The summed E-state index contributed by atoms with van der Waals surface area (Å²) in [7, 11) is 1.59. The molecule has 2 rings (SSSR count). The number of phenolic OH excluding ortho intramolecular Hbond substituents is 1. The Labute approximate surface area is 118 Å². The Morgan fingerprint density at radius 2 is 1.95 bits per heavy atom. The maximum Gasteiger partial charge on any atom is 0.162 e. The van der Waals surface area contributed by atoms with Gasteiger partial charge in [-0.15, -0.1) is 0 Å². The molecular formula is C16H17NO3. The smallest absolute Gasteiger partial charge is 0.162 e. The van der Waals surface area contributed by atoms with E-state index in [0.717, 1.165) is 5.69 Å². The zero-order chi connectivity index (χ0) is 14.4. The second-order valence-electron chi connectivity index (χ2n) is 4.09. The van der Waals surface area contributed by atoms with E-state index in [4.69, 9.17) is 9.47 Å². The first-order chi connectivity index (χ1) is 9.74. The Morgan fingerprint density at radius 3 is 2.65 bits per heavy atom. The molecule has 0 bridgehead atoms. The lowest BCUT2D eigenvalue weighted by Gasteiger charge is -2.09. The minimum absolute atomic E-state index is 0.203. The van der Waals surface area contributed by atoms with Crippen molar-refractivity contribution in [3.05, 3.63) is 48.0 Å². The normalized spacial score (nSPS) is 10.7. The molecule has 1 N–H and O–H groups in total. The van der Waals surface area contributed by atoms with Gasteiger partial charge in [0.1, 0.15) is 5.75 Å². The number of ether oxygens (including phenoxy) is 2. The van der Waals surface area contributed by atoms with Crippen LogP contribution in [-0.2, 0) is 0 Å². The molecule has 0 aromatic heterocycles. The van der Waals surface area contributed by atoms with Gasteiger partial charge in [-0.2, -0.15) is 0 Å². The van der Waals surface area contributed by atoms with Crippen molar-refractivity contribution in [2.45, 2.75) is 6.92 Å². The van der Waals surface area contributed by atoms with Crippen molar-refractivity contribution in [3.8, 4) is 17.2 Å². The molecule has 0 atom stereocenters. The average molecular weight is 271 g/mol. The summed E-state index contributed by atoms with van der Waals surface area (Å²) in [5.41, 5.74) is 1.40. The van der Waals surface area contributed by atoms with Crippen molar-refractivity contribution in [3.63, 3.8) is 0 Å². The molecule has 0 saturated carbocycles. The Balaban J connectivity index is 2.24. The van der Waals surface area contributed by atoms with Crippen LogP contribution in [0.1, 0.15) is 12.5 Å². The molecule has 0 aliphatic rings. The second-order valence-corrected chi connectivity index (χ2v) is 4.09. The molecule has 2 aromatic rings. The van der Waals surface area contributed by atoms with Crippen molar-refractivity contribution in [1.82, 2.24) is 0 Å². The topological polar surface area (TPSA) is 51.0 Å². The van der Waals surface area contributed by atoms with Gasteiger partial charge in [-0.1, -0.05) is 12.1 Å². The van der Waals surface area contributed by atoms with Crippen LogP contribution in [0.15, 0.2) is 47.5 Å². The fourth-order valence-corrected chi connectivity index (χ4v) is 1.75. The molecule has 4 heteroatoms. The first-order valence-corrected chi connectivity index (χ1v) is 6.37. The van der Waals surface area contributed by atoms with Gasteiger partial charge in [0.15, 0.2) is 11.5 Å². The van der Waals surface area contributed by atoms with Crippen LogP contribution in [0.2, 0.25) is 0 Å². The van der Waals surface area contributed by atoms with E-state index in [2.05, 4.69) is 4.99 Å². The zero-order valence-corrected chi connectivity index (χ0v) is 11.5. The van der Waals surface area contributed by atoms with Crippen LogP contribution in [-0.4, -0.2) is 25.0 Å². The number of nitrogens with zero attached hydrogens (tertiary/aromatic N) is 1. The molecule has 0 radical (unpaired) electrons. The molecule has 0 heterocycles. The lowest BCUT2D eigenvalue weighted by atomic mass is 10.2. The molecular weight excluding hydrogens is 254 g/mol. The van der Waals surface area contributed by atoms with E-state index in [9.17, 15) is 5.11 Å². The number of benzene rings is 2. The van der Waals surface area contributed by atoms with Gasteiger partial charge in [-0.25, -0.2) is 0 Å². The van der Waals surface area contributed by atoms with Crippen molar-refractivity contribution in [1.29, 1.82) is 0 Å². The van der Waals surface area contributed by atoms with E-state index in [1.165, 1.54) is 0 Å². The molecule has 0 fully saturated rings. The predicted molar refractivity (Wildman–Crippen MR) is 79.5 cm³/mol. The van der Waals surface area contributed by atoms with E-state index >= 15 is 0 Å². The minimum atomic E-state index is 0.203. The third-order valence-corrected chi connectivity index (χ3v) is 2.74. The van der Waals surface area contributed by atoms with Crippen LogP contribution < -0.4 is 9.47 Å². The largest absolute Gasteiger partial charge is 0.507 e. The molecule has 2 aromatic carbocycles. The summed E-state index contributed by atoms with van der Waals surface area (Å²) < 4.78 is 10.7. The zero-order valence-electron chi connectivity index (χ0n) is 11.5. The van der Waals surface area contributed by atoms with Crippen molar-refractivity contribution >= 4 is 11.9 Å². The number of phenols is 1. The van der Waals surface area contributed by atoms with Crippen LogP contribution in [0.25, 0.3) is 0 Å². The van der Waals surface area contributed by atoms with Crippen molar-refractivity contribution in [2.24, 2.45) is 4.99 Å². The fourth-order valence-electron chi connectivity index (χ4n) is 1.75. The summed E-state index contributed by atoms with van der Waals surface area (Å²) in [5.74, 6) is 1.53. The summed E-state index contributed by atoms with van der Waals surface area (Å²) in [6, 6.07) is 12.5. The Morgan fingerprint density at radius 1 is 1.15 bits per heavy atom. The monoisotopic (exact) mass is 271 g/mol. The van der Waals surface area contributed by atoms with Gasteiger partial charge >= 0.3 is 0 Å². The van der Waals surface area contributed by atoms with Crippen LogP contribution in [0, 0.1) is 0 Å². The van der Waals surface area contributed by atoms with Crippen molar-refractivity contribution < 1.29 is 14.6 Å². The SMILES string of the molecule is CCOc1ccc(N=Cc2ccccc2O)cc1OC. The third kappa shape index (κ3) is 3.29. The standard InChI is InChI=1S/C16H17NO3/c1-3-20-15-9-8-13(10-16(15)19-2)17-11-12-6-4-5-7-14(12)18/h4-11,18H,3H2,1-2H3. The molecule has 104 valence electrons. The lowest BCUT2D eigenvalue weighted by Crippen LogP contribution is -1.94. The highest BCUT2D eigenvalue weighted by atomic mass is 16.5. The molecule has 0 saturated heterocycles. The number of hydrogen-bond acceptors (Lipinski definition) is 4. The third-order valence-electron chi connectivity index (χ3n) is 2.74. The van der Waals surface area contributed by atoms with Gasteiger partial charge in [-0.3, -0.25) is 4.99 Å². The molecule has 0 aliphatic heterocycles. The quantitative estimate of drug-likeness (QED) is 0.846. The Hall–Kier alpha value is -2.49. The molecule has 4 nitrogen and oxygen atoms in total. The van der Waals surface area contributed by atoms with E-state index in [-0.39, 0.29) is 5.75 Å². The minimum Gasteiger partial charge on any atom is -0.507 e. The van der Waals surface area contributed by atoms with E-state index in [1.807, 2.05) is 25.1 Å². The summed E-state index contributed by atoms with van der Waals surface area (Å²) in [6.45, 7) is 2.50. The fraction of sp³-hybridized carbons (Fsp3) is 0.188. The maximum absolute atomic E-state index is 9.67. The maximum atomic E-state index is 9.67. The number of aliphatic imine (C=N–C) groups is 1. The molecule has 0 aliphatic carbocycles. The number of aromatic hydroxyl groups is 1. The first-order valence-electron chi connectivity index (χ1n) is 6.37. The number of hydrogen-bond donors (Lipinski definition) is 1. The summed E-state index contributed by atoms with van der Waals surface area (Å²) >= 11 is 0. The van der Waals surface area contributed by atoms with Gasteiger partial charge < -0.3 is 14.6 Å². The predicted octanol–water partition coefficient (Wildman–Crippen LogP) is 3.55. The average Bonchev–Trinajstić information content (AvgIpc) is 2.48. The van der Waals surface area contributed by atoms with Crippen LogP contribution in [0.3, 0.4) is 0 Å². The van der Waals surface area contributed by atoms with Gasteiger partial charge in [-0.05, 0) is 31.2 Å².